The fourth-order valence-electron chi connectivity index (χ4n) is 1.90. The number of fused-ring (bicyclic) bond motifs is 1. The van der Waals surface area contributed by atoms with Crippen molar-refractivity contribution in [3.8, 4) is 0 Å². The number of rotatable bonds is 1. The van der Waals surface area contributed by atoms with Crippen LogP contribution in [-0.2, 0) is 9.47 Å². The zero-order valence-electron chi connectivity index (χ0n) is 6.54. The number of hydrogen-bond acceptors (Lipinski definition) is 2. The minimum Gasteiger partial charge on any atom is -0.379 e. The molecule has 2 rings (SSSR count). The highest BCUT2D eigenvalue weighted by atomic mass is 16.6. The Balaban J connectivity index is 1.95. The van der Waals surface area contributed by atoms with E-state index >= 15 is 0 Å². The Labute approximate surface area is 61.5 Å². The Morgan fingerprint density at radius 2 is 2.10 bits per heavy atom. The van der Waals surface area contributed by atoms with Gasteiger partial charge < -0.3 is 9.47 Å². The molecule has 1 aliphatic heterocycles. The average molecular weight is 142 g/mol. The van der Waals surface area contributed by atoms with Crippen molar-refractivity contribution < 1.29 is 9.47 Å². The minimum atomic E-state index is 0.390. The Morgan fingerprint density at radius 3 is 2.80 bits per heavy atom. The fraction of sp³-hybridized carbons (Fsp3) is 1.00. The maximum absolute atomic E-state index is 5.47. The lowest BCUT2D eigenvalue weighted by Gasteiger charge is -2.20. The Kier molecular flexibility index (Phi) is 1.46. The van der Waals surface area contributed by atoms with Crippen molar-refractivity contribution in [1.29, 1.82) is 0 Å². The van der Waals surface area contributed by atoms with Gasteiger partial charge in [0.2, 0.25) is 0 Å². The second-order valence-corrected chi connectivity index (χ2v) is 3.39. The summed E-state index contributed by atoms with van der Waals surface area (Å²) in [6.45, 7) is 2.26. The van der Waals surface area contributed by atoms with Gasteiger partial charge in [-0.1, -0.05) is 6.92 Å². The fourth-order valence-corrected chi connectivity index (χ4v) is 1.90. The van der Waals surface area contributed by atoms with Crippen molar-refractivity contribution in [3.05, 3.63) is 0 Å². The molecule has 0 aromatic carbocycles. The molecule has 2 heteroatoms. The van der Waals surface area contributed by atoms with Gasteiger partial charge in [0, 0.05) is 7.11 Å². The summed E-state index contributed by atoms with van der Waals surface area (Å²) >= 11 is 0. The molecule has 4 unspecified atom stereocenters. The van der Waals surface area contributed by atoms with E-state index < -0.39 is 0 Å². The van der Waals surface area contributed by atoms with Gasteiger partial charge in [-0.3, -0.25) is 0 Å². The standard InChI is InChI=1S/C8H14O2/c1-5-3-4-6(9-2)8-7(5)10-8/h5-8H,3-4H2,1-2H3. The second-order valence-electron chi connectivity index (χ2n) is 3.39. The summed E-state index contributed by atoms with van der Waals surface area (Å²) in [6, 6.07) is 0. The first kappa shape index (κ1) is 6.62. The summed E-state index contributed by atoms with van der Waals surface area (Å²) in [5.41, 5.74) is 0. The first-order chi connectivity index (χ1) is 4.83. The largest absolute Gasteiger partial charge is 0.379 e. The van der Waals surface area contributed by atoms with Crippen molar-refractivity contribution >= 4 is 0 Å². The Morgan fingerprint density at radius 1 is 1.30 bits per heavy atom. The molecule has 0 radical (unpaired) electrons. The van der Waals surface area contributed by atoms with Gasteiger partial charge in [0.25, 0.3) is 0 Å². The van der Waals surface area contributed by atoms with Gasteiger partial charge in [-0.05, 0) is 18.8 Å². The Bertz CT molecular complexity index is 135. The van der Waals surface area contributed by atoms with Crippen LogP contribution in [0.25, 0.3) is 0 Å². The molecule has 0 N–H and O–H groups in total. The monoisotopic (exact) mass is 142 g/mol. The molecule has 0 bridgehead atoms. The highest BCUT2D eigenvalue weighted by Gasteiger charge is 2.51. The molecule has 1 heterocycles. The normalized spacial score (nSPS) is 52.2. The molecule has 0 spiro atoms. The van der Waals surface area contributed by atoms with Crippen LogP contribution in [0.2, 0.25) is 0 Å². The quantitative estimate of drug-likeness (QED) is 0.513. The van der Waals surface area contributed by atoms with Gasteiger partial charge in [0.05, 0.1) is 12.2 Å². The molecule has 58 valence electrons. The highest BCUT2D eigenvalue weighted by Crippen LogP contribution is 2.41. The lowest BCUT2D eigenvalue weighted by Crippen LogP contribution is -2.27. The van der Waals surface area contributed by atoms with Crippen LogP contribution >= 0.6 is 0 Å². The SMILES string of the molecule is COC1CCC(C)C2OC12. The number of methoxy groups -OCH3 is 1. The van der Waals surface area contributed by atoms with Gasteiger partial charge in [-0.25, -0.2) is 0 Å². The molecule has 1 saturated carbocycles. The van der Waals surface area contributed by atoms with Gasteiger partial charge in [-0.2, -0.15) is 0 Å². The molecule has 0 amide bonds. The Hall–Kier alpha value is -0.0800. The van der Waals surface area contributed by atoms with E-state index in [-0.39, 0.29) is 0 Å². The van der Waals surface area contributed by atoms with Gasteiger partial charge in [0.15, 0.2) is 0 Å². The van der Waals surface area contributed by atoms with Crippen molar-refractivity contribution in [2.24, 2.45) is 5.92 Å². The molecule has 0 aromatic rings. The summed E-state index contributed by atoms with van der Waals surface area (Å²) in [5.74, 6) is 0.761. The predicted molar refractivity (Wildman–Crippen MR) is 37.9 cm³/mol. The second kappa shape index (κ2) is 2.21. The predicted octanol–water partition coefficient (Wildman–Crippen LogP) is 1.20. The zero-order valence-corrected chi connectivity index (χ0v) is 6.54. The maximum atomic E-state index is 5.47. The summed E-state index contributed by atoms with van der Waals surface area (Å²) in [4.78, 5) is 0. The molecule has 1 saturated heterocycles. The molecule has 0 aromatic heterocycles. The van der Waals surface area contributed by atoms with Gasteiger partial charge in [0.1, 0.15) is 6.10 Å². The first-order valence-electron chi connectivity index (χ1n) is 4.01. The van der Waals surface area contributed by atoms with Crippen LogP contribution in [0.5, 0.6) is 0 Å². The third-order valence-corrected chi connectivity index (χ3v) is 2.70. The van der Waals surface area contributed by atoms with Crippen LogP contribution in [0.3, 0.4) is 0 Å². The molecule has 10 heavy (non-hydrogen) atoms. The lowest BCUT2D eigenvalue weighted by molar-refractivity contribution is 0.0628. The van der Waals surface area contributed by atoms with Crippen LogP contribution in [0.1, 0.15) is 19.8 Å². The lowest BCUT2D eigenvalue weighted by atomic mass is 9.89. The zero-order chi connectivity index (χ0) is 7.14. The molecule has 1 aliphatic carbocycles. The third kappa shape index (κ3) is 0.867. The van der Waals surface area contributed by atoms with Crippen molar-refractivity contribution in [3.63, 3.8) is 0 Å². The number of ether oxygens (including phenoxy) is 2. The summed E-state index contributed by atoms with van der Waals surface area (Å²) in [5, 5.41) is 0. The molecule has 2 fully saturated rings. The van der Waals surface area contributed by atoms with Crippen LogP contribution < -0.4 is 0 Å². The van der Waals surface area contributed by atoms with Crippen LogP contribution in [0, 0.1) is 5.92 Å². The molecule has 2 aliphatic rings. The van der Waals surface area contributed by atoms with Gasteiger partial charge in [-0.15, -0.1) is 0 Å². The van der Waals surface area contributed by atoms with Crippen molar-refractivity contribution in [2.75, 3.05) is 7.11 Å². The van der Waals surface area contributed by atoms with Crippen LogP contribution in [-0.4, -0.2) is 25.4 Å². The average Bonchev–Trinajstić information content (AvgIpc) is 2.68. The molecular formula is C8H14O2. The molecular weight excluding hydrogens is 128 g/mol. The van der Waals surface area contributed by atoms with Crippen LogP contribution in [0.15, 0.2) is 0 Å². The van der Waals surface area contributed by atoms with Crippen molar-refractivity contribution in [2.45, 2.75) is 38.1 Å². The smallest absolute Gasteiger partial charge is 0.110 e. The minimum absolute atomic E-state index is 0.390. The topological polar surface area (TPSA) is 21.8 Å². The van der Waals surface area contributed by atoms with E-state index in [0.29, 0.717) is 18.3 Å². The number of epoxide rings is 1. The van der Waals surface area contributed by atoms with E-state index in [9.17, 15) is 0 Å². The maximum Gasteiger partial charge on any atom is 0.110 e. The van der Waals surface area contributed by atoms with E-state index in [1.807, 2.05) is 0 Å². The van der Waals surface area contributed by atoms with E-state index in [1.165, 1.54) is 12.8 Å². The molecule has 2 nitrogen and oxygen atoms in total. The summed E-state index contributed by atoms with van der Waals surface area (Å²) in [6.07, 6.45) is 3.80. The van der Waals surface area contributed by atoms with E-state index in [4.69, 9.17) is 9.47 Å². The first-order valence-corrected chi connectivity index (χ1v) is 4.01. The third-order valence-electron chi connectivity index (χ3n) is 2.70. The molecule has 4 atom stereocenters. The van der Waals surface area contributed by atoms with Crippen LogP contribution in [0.4, 0.5) is 0 Å². The highest BCUT2D eigenvalue weighted by molar-refractivity contribution is 4.98. The van der Waals surface area contributed by atoms with E-state index in [2.05, 4.69) is 6.92 Å². The van der Waals surface area contributed by atoms with Gasteiger partial charge >= 0.3 is 0 Å². The number of hydrogen-bond donors (Lipinski definition) is 0. The van der Waals surface area contributed by atoms with E-state index in [1.54, 1.807) is 7.11 Å². The summed E-state index contributed by atoms with van der Waals surface area (Å²) < 4.78 is 10.7. The van der Waals surface area contributed by atoms with Crippen molar-refractivity contribution in [1.82, 2.24) is 0 Å². The summed E-state index contributed by atoms with van der Waals surface area (Å²) in [7, 11) is 1.78. The van der Waals surface area contributed by atoms with E-state index in [0.717, 1.165) is 5.92 Å².